The van der Waals surface area contributed by atoms with Gasteiger partial charge in [-0.05, 0) is 19.3 Å². The SMILES string of the molecule is Cn1c(Cl)cnc1CN1CCN(C(=O)N2CCCCC2)CC1. The first kappa shape index (κ1) is 15.6. The Kier molecular flexibility index (Phi) is 4.88. The van der Waals surface area contributed by atoms with E-state index in [0.717, 1.165) is 64.5 Å². The second-order valence-corrected chi connectivity index (χ2v) is 6.54. The minimum atomic E-state index is 0.222. The first-order chi connectivity index (χ1) is 10.6. The van der Waals surface area contributed by atoms with Gasteiger partial charge in [-0.3, -0.25) is 4.90 Å². The second-order valence-electron chi connectivity index (χ2n) is 6.15. The second kappa shape index (κ2) is 6.87. The number of carbonyl (C=O) groups excluding carboxylic acids is 1. The third-order valence-corrected chi connectivity index (χ3v) is 5.01. The van der Waals surface area contributed by atoms with Crippen LogP contribution in [0.1, 0.15) is 25.1 Å². The summed E-state index contributed by atoms with van der Waals surface area (Å²) >= 11 is 6.02. The van der Waals surface area contributed by atoms with E-state index in [1.54, 1.807) is 6.20 Å². The lowest BCUT2D eigenvalue weighted by Gasteiger charge is -2.38. The quantitative estimate of drug-likeness (QED) is 0.833. The topological polar surface area (TPSA) is 44.6 Å². The van der Waals surface area contributed by atoms with E-state index in [0.29, 0.717) is 5.15 Å². The molecule has 0 atom stereocenters. The van der Waals surface area contributed by atoms with E-state index in [9.17, 15) is 4.79 Å². The highest BCUT2D eigenvalue weighted by molar-refractivity contribution is 6.29. The number of hydrogen-bond acceptors (Lipinski definition) is 3. The third-order valence-electron chi connectivity index (χ3n) is 4.66. The van der Waals surface area contributed by atoms with Crippen LogP contribution in [0.4, 0.5) is 4.79 Å². The number of piperidine rings is 1. The molecule has 7 heteroatoms. The zero-order valence-corrected chi connectivity index (χ0v) is 13.9. The Morgan fingerprint density at radius 2 is 1.73 bits per heavy atom. The lowest BCUT2D eigenvalue weighted by Crippen LogP contribution is -2.53. The van der Waals surface area contributed by atoms with Crippen molar-refractivity contribution in [2.24, 2.45) is 7.05 Å². The van der Waals surface area contributed by atoms with Crippen molar-refractivity contribution in [1.29, 1.82) is 0 Å². The molecule has 3 heterocycles. The summed E-state index contributed by atoms with van der Waals surface area (Å²) in [6.45, 7) is 6.01. The summed E-state index contributed by atoms with van der Waals surface area (Å²) in [5.74, 6) is 0.973. The number of imidazole rings is 1. The van der Waals surface area contributed by atoms with E-state index < -0.39 is 0 Å². The predicted molar refractivity (Wildman–Crippen MR) is 85.9 cm³/mol. The molecule has 6 nitrogen and oxygen atoms in total. The van der Waals surface area contributed by atoms with E-state index in [1.165, 1.54) is 6.42 Å². The molecule has 0 aliphatic carbocycles. The summed E-state index contributed by atoms with van der Waals surface area (Å²) in [5, 5.41) is 0.661. The Labute approximate surface area is 136 Å². The van der Waals surface area contributed by atoms with E-state index in [1.807, 2.05) is 21.4 Å². The Balaban J connectivity index is 1.49. The lowest BCUT2D eigenvalue weighted by molar-refractivity contribution is 0.103. The van der Waals surface area contributed by atoms with Gasteiger partial charge in [0.25, 0.3) is 0 Å². The number of aromatic nitrogens is 2. The van der Waals surface area contributed by atoms with Crippen molar-refractivity contribution in [3.63, 3.8) is 0 Å². The normalized spacial score (nSPS) is 20.5. The average molecular weight is 326 g/mol. The lowest BCUT2D eigenvalue weighted by atomic mass is 10.1. The van der Waals surface area contributed by atoms with E-state index in [4.69, 9.17) is 11.6 Å². The molecular weight excluding hydrogens is 302 g/mol. The number of likely N-dealkylation sites (tertiary alicyclic amines) is 1. The van der Waals surface area contributed by atoms with Crippen LogP contribution in [-0.4, -0.2) is 69.6 Å². The Morgan fingerprint density at radius 1 is 1.09 bits per heavy atom. The van der Waals surface area contributed by atoms with Gasteiger partial charge in [-0.1, -0.05) is 11.6 Å². The molecule has 0 N–H and O–H groups in total. The molecule has 122 valence electrons. The van der Waals surface area contributed by atoms with Gasteiger partial charge < -0.3 is 14.4 Å². The van der Waals surface area contributed by atoms with Gasteiger partial charge in [0.15, 0.2) is 0 Å². The number of urea groups is 1. The van der Waals surface area contributed by atoms with Crippen LogP contribution in [0.3, 0.4) is 0 Å². The van der Waals surface area contributed by atoms with Gasteiger partial charge in [0.2, 0.25) is 0 Å². The number of carbonyl (C=O) groups is 1. The molecule has 2 fully saturated rings. The standard InChI is InChI=1S/C15H24ClN5O/c1-18-13(16)11-17-14(18)12-19-7-9-21(10-8-19)15(22)20-5-3-2-4-6-20/h11H,2-10,12H2,1H3. The highest BCUT2D eigenvalue weighted by atomic mass is 35.5. The van der Waals surface area contributed by atoms with E-state index in [-0.39, 0.29) is 6.03 Å². The molecule has 0 bridgehead atoms. The number of rotatable bonds is 2. The summed E-state index contributed by atoms with van der Waals surface area (Å²) in [6.07, 6.45) is 5.23. The largest absolute Gasteiger partial charge is 0.325 e. The molecule has 22 heavy (non-hydrogen) atoms. The summed E-state index contributed by atoms with van der Waals surface area (Å²) in [4.78, 5) is 23.1. The number of piperazine rings is 1. The van der Waals surface area contributed by atoms with Crippen molar-refractivity contribution in [3.05, 3.63) is 17.2 Å². The van der Waals surface area contributed by atoms with E-state index in [2.05, 4.69) is 9.88 Å². The van der Waals surface area contributed by atoms with E-state index >= 15 is 0 Å². The van der Waals surface area contributed by atoms with Crippen LogP contribution in [-0.2, 0) is 13.6 Å². The van der Waals surface area contributed by atoms with Crippen molar-refractivity contribution in [3.8, 4) is 0 Å². The maximum Gasteiger partial charge on any atom is 0.320 e. The van der Waals surface area contributed by atoms with Crippen molar-refractivity contribution >= 4 is 17.6 Å². The van der Waals surface area contributed by atoms with Gasteiger partial charge >= 0.3 is 6.03 Å². The molecule has 2 aliphatic heterocycles. The molecule has 3 rings (SSSR count). The molecule has 0 spiro atoms. The fraction of sp³-hybridized carbons (Fsp3) is 0.733. The van der Waals surface area contributed by atoms with Gasteiger partial charge in [0.1, 0.15) is 11.0 Å². The van der Waals surface area contributed by atoms with Crippen molar-refractivity contribution in [1.82, 2.24) is 24.3 Å². The van der Waals surface area contributed by atoms with Crippen LogP contribution in [0.5, 0.6) is 0 Å². The van der Waals surface area contributed by atoms with Crippen LogP contribution in [0.25, 0.3) is 0 Å². The van der Waals surface area contributed by atoms with Crippen LogP contribution in [0, 0.1) is 0 Å². The molecule has 2 amide bonds. The smallest absolute Gasteiger partial charge is 0.320 e. The van der Waals surface area contributed by atoms with Crippen LogP contribution < -0.4 is 0 Å². The predicted octanol–water partition coefficient (Wildman–Crippen LogP) is 1.80. The number of halogens is 1. The Morgan fingerprint density at radius 3 is 2.32 bits per heavy atom. The van der Waals surface area contributed by atoms with Crippen LogP contribution >= 0.6 is 11.6 Å². The van der Waals surface area contributed by atoms with Crippen molar-refractivity contribution < 1.29 is 4.79 Å². The fourth-order valence-electron chi connectivity index (χ4n) is 3.15. The Bertz CT molecular complexity index is 518. The molecule has 0 unspecified atom stereocenters. The highest BCUT2D eigenvalue weighted by Crippen LogP contribution is 2.15. The minimum absolute atomic E-state index is 0.222. The molecule has 0 radical (unpaired) electrons. The molecular formula is C15H24ClN5O. The average Bonchev–Trinajstić information content (AvgIpc) is 2.88. The molecule has 2 saturated heterocycles. The maximum absolute atomic E-state index is 12.5. The van der Waals surface area contributed by atoms with Gasteiger partial charge in [0, 0.05) is 46.3 Å². The summed E-state index contributed by atoms with van der Waals surface area (Å²) in [6, 6.07) is 0.222. The minimum Gasteiger partial charge on any atom is -0.325 e. The molecule has 2 aliphatic rings. The van der Waals surface area contributed by atoms with Crippen LogP contribution in [0.15, 0.2) is 6.20 Å². The van der Waals surface area contributed by atoms with Crippen molar-refractivity contribution in [2.45, 2.75) is 25.8 Å². The maximum atomic E-state index is 12.5. The molecule has 0 aromatic carbocycles. The summed E-state index contributed by atoms with van der Waals surface area (Å²) in [7, 11) is 1.93. The van der Waals surface area contributed by atoms with Crippen molar-refractivity contribution in [2.75, 3.05) is 39.3 Å². The first-order valence-corrected chi connectivity index (χ1v) is 8.45. The third kappa shape index (κ3) is 3.38. The van der Waals surface area contributed by atoms with Gasteiger partial charge in [-0.25, -0.2) is 9.78 Å². The number of nitrogens with zero attached hydrogens (tertiary/aromatic N) is 5. The monoisotopic (exact) mass is 325 g/mol. The first-order valence-electron chi connectivity index (χ1n) is 8.07. The molecule has 1 aromatic heterocycles. The van der Waals surface area contributed by atoms with Gasteiger partial charge in [-0.2, -0.15) is 0 Å². The molecule has 1 aromatic rings. The zero-order valence-electron chi connectivity index (χ0n) is 13.2. The number of hydrogen-bond donors (Lipinski definition) is 0. The fourth-order valence-corrected chi connectivity index (χ4v) is 3.30. The summed E-state index contributed by atoms with van der Waals surface area (Å²) in [5.41, 5.74) is 0. The van der Waals surface area contributed by atoms with Gasteiger partial charge in [-0.15, -0.1) is 0 Å². The Hall–Kier alpha value is -1.27. The zero-order chi connectivity index (χ0) is 15.5. The molecule has 0 saturated carbocycles. The summed E-state index contributed by atoms with van der Waals surface area (Å²) < 4.78 is 1.91. The highest BCUT2D eigenvalue weighted by Gasteiger charge is 2.26. The van der Waals surface area contributed by atoms with Crippen LogP contribution in [0.2, 0.25) is 5.15 Å². The number of amides is 2. The van der Waals surface area contributed by atoms with Gasteiger partial charge in [0.05, 0.1) is 12.7 Å².